The van der Waals surface area contributed by atoms with Crippen LogP contribution in [-0.2, 0) is 11.3 Å². The first-order valence-electron chi connectivity index (χ1n) is 10.0. The number of nitrogens with one attached hydrogen (secondary N) is 2. The maximum Gasteiger partial charge on any atom is 0.277 e. The molecule has 2 N–H and O–H groups in total. The maximum atomic E-state index is 13.5. The van der Waals surface area contributed by atoms with Gasteiger partial charge in [0.1, 0.15) is 5.69 Å². The van der Waals surface area contributed by atoms with Gasteiger partial charge in [-0.25, -0.2) is 15.1 Å². The van der Waals surface area contributed by atoms with Crippen LogP contribution in [0.25, 0.3) is 5.82 Å². The Bertz CT molecular complexity index is 1350. The highest BCUT2D eigenvalue weighted by Crippen LogP contribution is 2.27. The van der Waals surface area contributed by atoms with E-state index in [0.29, 0.717) is 39.2 Å². The highest BCUT2D eigenvalue weighted by Gasteiger charge is 2.23. The number of pyridine rings is 1. The molecule has 0 bridgehead atoms. The largest absolute Gasteiger partial charge is 0.320 e. The Labute approximate surface area is 209 Å². The van der Waals surface area contributed by atoms with Crippen molar-refractivity contribution in [3.8, 4) is 5.82 Å². The van der Waals surface area contributed by atoms with Gasteiger partial charge in [0.25, 0.3) is 11.8 Å². The predicted molar refractivity (Wildman–Crippen MR) is 132 cm³/mol. The van der Waals surface area contributed by atoms with E-state index in [0.717, 1.165) is 5.56 Å². The molecule has 0 saturated heterocycles. The number of aromatic nitrogens is 3. The summed E-state index contributed by atoms with van der Waals surface area (Å²) in [6.45, 7) is 1.74. The van der Waals surface area contributed by atoms with Crippen LogP contribution in [0.5, 0.6) is 0 Å². The molecule has 0 aliphatic rings. The Morgan fingerprint density at radius 3 is 2.71 bits per heavy atom. The fraction of sp³-hybridized carbons (Fsp3) is 0.130. The molecule has 4 aromatic rings. The summed E-state index contributed by atoms with van der Waals surface area (Å²) in [5.41, 5.74) is 5.24. The number of halogens is 2. The summed E-state index contributed by atoms with van der Waals surface area (Å²) in [6.07, 6.45) is 2.10. The minimum absolute atomic E-state index is 0.153. The van der Waals surface area contributed by atoms with Gasteiger partial charge in [-0.3, -0.25) is 14.4 Å². The first kappa shape index (κ1) is 23.9. The molecule has 2 amide bonds. The Morgan fingerprint density at radius 2 is 2.00 bits per heavy atom. The van der Waals surface area contributed by atoms with Gasteiger partial charge in [-0.05, 0) is 65.2 Å². The molecule has 11 heteroatoms. The molecule has 1 aromatic carbocycles. The minimum atomic E-state index is -0.553. The van der Waals surface area contributed by atoms with Crippen LogP contribution in [0.2, 0.25) is 10.0 Å². The van der Waals surface area contributed by atoms with Gasteiger partial charge >= 0.3 is 0 Å². The van der Waals surface area contributed by atoms with Gasteiger partial charge in [-0.2, -0.15) is 16.4 Å². The van der Waals surface area contributed by atoms with Gasteiger partial charge in [-0.15, -0.1) is 0 Å². The van der Waals surface area contributed by atoms with Gasteiger partial charge in [0.15, 0.2) is 5.82 Å². The molecule has 0 atom stereocenters. The van der Waals surface area contributed by atoms with E-state index >= 15 is 0 Å². The van der Waals surface area contributed by atoms with Crippen LogP contribution < -0.4 is 10.8 Å². The average molecular weight is 516 g/mol. The molecule has 174 valence electrons. The lowest BCUT2D eigenvalue weighted by atomic mass is 10.1. The molecule has 0 spiro atoms. The standard InChI is InChI=1S/C23H19Cl2N5O3S/c1-13-8-15(24)10-17(22(31)29-33-2)20(13)27-23(32)19-11-16(9-14-5-7-34-12-14)28-30(19)21-18(25)4-3-6-26-21/h3-8,10-12H,9H2,1-2H3,(H,27,32)(H,29,31). The molecule has 0 radical (unpaired) electrons. The van der Waals surface area contributed by atoms with Crippen LogP contribution >= 0.6 is 34.5 Å². The first-order valence-corrected chi connectivity index (χ1v) is 11.7. The van der Waals surface area contributed by atoms with E-state index in [1.54, 1.807) is 48.7 Å². The van der Waals surface area contributed by atoms with Crippen molar-refractivity contribution in [3.63, 3.8) is 0 Å². The van der Waals surface area contributed by atoms with E-state index in [1.165, 1.54) is 17.9 Å². The summed E-state index contributed by atoms with van der Waals surface area (Å²) < 4.78 is 1.40. The predicted octanol–water partition coefficient (Wildman–Crippen LogP) is 5.08. The molecule has 3 aromatic heterocycles. The lowest BCUT2D eigenvalue weighted by Crippen LogP contribution is -2.25. The quantitative estimate of drug-likeness (QED) is 0.334. The molecular weight excluding hydrogens is 497 g/mol. The molecule has 0 unspecified atom stereocenters. The zero-order chi connectivity index (χ0) is 24.2. The first-order chi connectivity index (χ1) is 16.4. The molecule has 8 nitrogen and oxygen atoms in total. The number of nitrogens with zero attached hydrogens (tertiary/aromatic N) is 3. The Kier molecular flexibility index (Phi) is 7.28. The third-order valence-electron chi connectivity index (χ3n) is 4.88. The highest BCUT2D eigenvalue weighted by molar-refractivity contribution is 7.07. The number of rotatable bonds is 7. The number of amides is 2. The number of carbonyl (C=O) groups is 2. The smallest absolute Gasteiger partial charge is 0.277 e. The van der Waals surface area contributed by atoms with E-state index in [1.807, 2.05) is 16.8 Å². The number of aryl methyl sites for hydroxylation is 1. The molecule has 34 heavy (non-hydrogen) atoms. The van der Waals surface area contributed by atoms with Gasteiger partial charge < -0.3 is 5.32 Å². The van der Waals surface area contributed by atoms with Gasteiger partial charge in [0.2, 0.25) is 0 Å². The van der Waals surface area contributed by atoms with Crippen LogP contribution in [0.3, 0.4) is 0 Å². The van der Waals surface area contributed by atoms with Gasteiger partial charge in [0, 0.05) is 17.6 Å². The second-order valence-corrected chi connectivity index (χ2v) is 8.91. The van der Waals surface area contributed by atoms with Crippen molar-refractivity contribution in [2.75, 3.05) is 12.4 Å². The van der Waals surface area contributed by atoms with E-state index in [9.17, 15) is 9.59 Å². The number of carbonyl (C=O) groups excluding carboxylic acids is 2. The average Bonchev–Trinajstić information content (AvgIpc) is 3.46. The Morgan fingerprint density at radius 1 is 1.18 bits per heavy atom. The molecule has 4 rings (SSSR count). The van der Waals surface area contributed by atoms with E-state index < -0.39 is 11.8 Å². The second-order valence-electron chi connectivity index (χ2n) is 7.28. The van der Waals surface area contributed by atoms with Crippen molar-refractivity contribution in [3.05, 3.63) is 91.5 Å². The summed E-state index contributed by atoms with van der Waals surface area (Å²) >= 11 is 14.1. The monoisotopic (exact) mass is 515 g/mol. The van der Waals surface area contributed by atoms with Crippen LogP contribution in [-0.4, -0.2) is 33.7 Å². The molecule has 0 saturated carbocycles. The van der Waals surface area contributed by atoms with Crippen molar-refractivity contribution in [1.82, 2.24) is 20.2 Å². The summed E-state index contributed by atoms with van der Waals surface area (Å²) in [5.74, 6) is -0.735. The lowest BCUT2D eigenvalue weighted by Gasteiger charge is -2.15. The van der Waals surface area contributed by atoms with E-state index in [2.05, 4.69) is 20.9 Å². The van der Waals surface area contributed by atoms with Crippen LogP contribution in [0.15, 0.2) is 53.4 Å². The van der Waals surface area contributed by atoms with Crippen molar-refractivity contribution in [2.45, 2.75) is 13.3 Å². The zero-order valence-corrected chi connectivity index (χ0v) is 20.5. The summed E-state index contributed by atoms with van der Waals surface area (Å²) in [4.78, 5) is 35.0. The third-order valence-corrected chi connectivity index (χ3v) is 6.12. The maximum absolute atomic E-state index is 13.5. The minimum Gasteiger partial charge on any atom is -0.320 e. The second kappa shape index (κ2) is 10.4. The summed E-state index contributed by atoms with van der Waals surface area (Å²) in [5, 5.41) is 12.1. The highest BCUT2D eigenvalue weighted by atomic mass is 35.5. The fourth-order valence-corrected chi connectivity index (χ4v) is 4.53. The molecular formula is C23H19Cl2N5O3S. The van der Waals surface area contributed by atoms with Crippen LogP contribution in [0, 0.1) is 6.92 Å². The molecule has 0 aliphatic heterocycles. The summed E-state index contributed by atoms with van der Waals surface area (Å²) in [6, 6.07) is 10.1. The van der Waals surface area contributed by atoms with Gasteiger partial charge in [0.05, 0.1) is 29.1 Å². The number of thiophene rings is 1. The van der Waals surface area contributed by atoms with Crippen molar-refractivity contribution in [2.24, 2.45) is 0 Å². The number of benzene rings is 1. The molecule has 0 fully saturated rings. The number of anilines is 1. The summed E-state index contributed by atoms with van der Waals surface area (Å²) in [7, 11) is 1.32. The fourth-order valence-electron chi connectivity index (χ4n) is 3.39. The molecule has 0 aliphatic carbocycles. The van der Waals surface area contributed by atoms with E-state index in [4.69, 9.17) is 28.0 Å². The third kappa shape index (κ3) is 5.13. The van der Waals surface area contributed by atoms with Crippen LogP contribution in [0.4, 0.5) is 5.69 Å². The topological polar surface area (TPSA) is 98.1 Å². The van der Waals surface area contributed by atoms with Gasteiger partial charge in [-0.1, -0.05) is 23.2 Å². The van der Waals surface area contributed by atoms with E-state index in [-0.39, 0.29) is 11.3 Å². The van der Waals surface area contributed by atoms with Crippen molar-refractivity contribution in [1.29, 1.82) is 0 Å². The number of hydrogen-bond acceptors (Lipinski definition) is 6. The lowest BCUT2D eigenvalue weighted by molar-refractivity contribution is 0.0538. The normalized spacial score (nSPS) is 10.8. The van der Waals surface area contributed by atoms with Crippen molar-refractivity contribution < 1.29 is 14.4 Å². The van der Waals surface area contributed by atoms with Crippen LogP contribution in [0.1, 0.15) is 37.7 Å². The Balaban J connectivity index is 1.76. The number of hydrogen-bond donors (Lipinski definition) is 2. The van der Waals surface area contributed by atoms with Crippen molar-refractivity contribution >= 4 is 52.0 Å². The Hall–Kier alpha value is -3.24. The zero-order valence-electron chi connectivity index (χ0n) is 18.1. The number of hydroxylamine groups is 1. The SMILES string of the molecule is CONC(=O)c1cc(Cl)cc(C)c1NC(=O)c1cc(Cc2ccsc2)nn1-c1ncccc1Cl. The molecule has 3 heterocycles.